The van der Waals surface area contributed by atoms with Crippen LogP contribution < -0.4 is 9.47 Å². The molecule has 1 heterocycles. The Morgan fingerprint density at radius 2 is 1.89 bits per heavy atom. The van der Waals surface area contributed by atoms with Crippen LogP contribution in [0.5, 0.6) is 11.5 Å². The summed E-state index contributed by atoms with van der Waals surface area (Å²) >= 11 is 0.465. The summed E-state index contributed by atoms with van der Waals surface area (Å²) in [6, 6.07) is 17.1. The second-order valence-corrected chi connectivity index (χ2v) is 8.83. The molecule has 0 aromatic heterocycles. The van der Waals surface area contributed by atoms with E-state index < -0.39 is 11.2 Å². The van der Waals surface area contributed by atoms with Gasteiger partial charge in [-0.2, -0.15) is 0 Å². The van der Waals surface area contributed by atoms with E-state index in [1.165, 1.54) is 0 Å². The first-order chi connectivity index (χ1) is 13.2. The molecule has 1 aliphatic heterocycles. The molecule has 0 saturated carbocycles. The molecule has 0 N–H and O–H groups in total. The maximum absolute atomic E-state index is 12.6. The van der Waals surface area contributed by atoms with E-state index in [0.717, 1.165) is 11.3 Å². The molecule has 2 aromatic carbocycles. The largest absolute Gasteiger partial charge is 0.616 e. The van der Waals surface area contributed by atoms with Crippen molar-refractivity contribution in [2.24, 2.45) is 0 Å². The second-order valence-electron chi connectivity index (χ2n) is 6.09. The Bertz CT molecular complexity index is 744. The van der Waals surface area contributed by atoms with Crippen LogP contribution in [-0.4, -0.2) is 52.5 Å². The van der Waals surface area contributed by atoms with Crippen LogP contribution in [-0.2, 0) is 21.7 Å². The Morgan fingerprint density at radius 3 is 2.63 bits per heavy atom. The lowest BCUT2D eigenvalue weighted by molar-refractivity contribution is -0.128. The van der Waals surface area contributed by atoms with Crippen molar-refractivity contribution in [1.29, 1.82) is 0 Å². The number of rotatable bonds is 8. The van der Waals surface area contributed by atoms with Crippen molar-refractivity contribution in [3.8, 4) is 11.5 Å². The van der Waals surface area contributed by atoms with E-state index in [2.05, 4.69) is 0 Å². The van der Waals surface area contributed by atoms with Gasteiger partial charge in [0.2, 0.25) is 0 Å². The smallest absolute Gasteiger partial charge is 0.273 e. The highest BCUT2D eigenvalue weighted by molar-refractivity contribution is 8.00. The molecule has 2 atom stereocenters. The highest BCUT2D eigenvalue weighted by atomic mass is 32.2. The molecule has 0 radical (unpaired) electrons. The van der Waals surface area contributed by atoms with Crippen LogP contribution in [0.1, 0.15) is 5.56 Å². The van der Waals surface area contributed by atoms with Gasteiger partial charge in [0.15, 0.2) is 17.3 Å². The number of carbonyl (C=O) groups is 1. The van der Waals surface area contributed by atoms with Crippen LogP contribution >= 0.6 is 11.8 Å². The van der Waals surface area contributed by atoms with Gasteiger partial charge in [0.25, 0.3) is 5.91 Å². The summed E-state index contributed by atoms with van der Waals surface area (Å²) in [6.45, 7) is 1.04. The van der Waals surface area contributed by atoms with Gasteiger partial charge in [0, 0.05) is 17.9 Å². The van der Waals surface area contributed by atoms with Gasteiger partial charge in [-0.25, -0.2) is 0 Å². The first-order valence-corrected chi connectivity index (χ1v) is 11.3. The molecule has 3 rings (SSSR count). The third-order valence-corrected chi connectivity index (χ3v) is 6.63. The number of hydrogen-bond donors (Lipinski definition) is 0. The van der Waals surface area contributed by atoms with Gasteiger partial charge in [-0.1, -0.05) is 42.5 Å². The number of nitrogens with zero attached hydrogens (tertiary/aromatic N) is 1. The minimum atomic E-state index is -1.22. The number of methoxy groups -OCH3 is 1. The molecule has 2 unspecified atom stereocenters. The molecule has 2 aromatic rings. The number of ether oxygens (including phenoxy) is 2. The zero-order valence-corrected chi connectivity index (χ0v) is 16.8. The van der Waals surface area contributed by atoms with Crippen molar-refractivity contribution in [3.05, 3.63) is 60.2 Å². The number of thioether (sulfide) groups is 1. The zero-order valence-electron chi connectivity index (χ0n) is 15.2. The molecule has 1 saturated heterocycles. The molecular formula is C20H23NO4S2. The second kappa shape index (κ2) is 9.92. The Morgan fingerprint density at radius 1 is 1.19 bits per heavy atom. The van der Waals surface area contributed by atoms with E-state index in [4.69, 9.17) is 9.47 Å². The predicted molar refractivity (Wildman–Crippen MR) is 110 cm³/mol. The lowest BCUT2D eigenvalue weighted by Gasteiger charge is -2.24. The number of carbonyl (C=O) groups excluding carboxylic acids is 1. The standard InChI is InChI=1S/C20H23NO4S2/c1-24-17-9-5-6-10-18(17)25-13-20-21(11-12-26-20)19(22)15-27(23)14-16-7-3-2-4-8-16/h2-10,20H,11-15H2,1H3. The minimum Gasteiger partial charge on any atom is -0.616 e. The molecule has 27 heavy (non-hydrogen) atoms. The van der Waals surface area contributed by atoms with Crippen molar-refractivity contribution in [1.82, 2.24) is 4.90 Å². The van der Waals surface area contributed by atoms with Gasteiger partial charge in [-0.15, -0.1) is 11.8 Å². The van der Waals surface area contributed by atoms with Gasteiger partial charge in [-0.3, -0.25) is 4.79 Å². The topological polar surface area (TPSA) is 61.8 Å². The van der Waals surface area contributed by atoms with Crippen LogP contribution in [0.15, 0.2) is 54.6 Å². The fourth-order valence-electron chi connectivity index (χ4n) is 2.88. The summed E-state index contributed by atoms with van der Waals surface area (Å²) in [5, 5.41) is -0.0730. The van der Waals surface area contributed by atoms with Crippen LogP contribution in [0.3, 0.4) is 0 Å². The Labute approximate surface area is 167 Å². The molecule has 1 fully saturated rings. The molecule has 7 heteroatoms. The fraction of sp³-hybridized carbons (Fsp3) is 0.350. The maximum Gasteiger partial charge on any atom is 0.273 e. The summed E-state index contributed by atoms with van der Waals surface area (Å²) in [5.74, 6) is 2.55. The molecule has 0 aliphatic carbocycles. The average molecular weight is 406 g/mol. The minimum absolute atomic E-state index is 0.0423. The molecule has 0 bridgehead atoms. The van der Waals surface area contributed by atoms with E-state index in [1.54, 1.807) is 23.8 Å². The SMILES string of the molecule is COc1ccccc1OCC1SCCN1C(=O)C[S+]([O-])Cc1ccccc1. The van der Waals surface area contributed by atoms with E-state index in [1.807, 2.05) is 54.6 Å². The average Bonchev–Trinajstić information content (AvgIpc) is 3.16. The van der Waals surface area contributed by atoms with Gasteiger partial charge in [0.1, 0.15) is 17.7 Å². The van der Waals surface area contributed by atoms with E-state index in [-0.39, 0.29) is 17.0 Å². The number of benzene rings is 2. The fourth-order valence-corrected chi connectivity index (χ4v) is 5.12. The lowest BCUT2D eigenvalue weighted by Crippen LogP contribution is -2.41. The summed E-state index contributed by atoms with van der Waals surface area (Å²) in [6.07, 6.45) is 0. The first kappa shape index (κ1) is 19.9. The van der Waals surface area contributed by atoms with Gasteiger partial charge in [0.05, 0.1) is 7.11 Å². The van der Waals surface area contributed by atoms with Crippen molar-refractivity contribution >= 4 is 28.8 Å². The van der Waals surface area contributed by atoms with Gasteiger partial charge >= 0.3 is 0 Å². The zero-order chi connectivity index (χ0) is 19.1. The highest BCUT2D eigenvalue weighted by Crippen LogP contribution is 2.29. The number of hydrogen-bond acceptors (Lipinski definition) is 5. The van der Waals surface area contributed by atoms with Gasteiger partial charge < -0.3 is 18.9 Å². The molecular weight excluding hydrogens is 382 g/mol. The van der Waals surface area contributed by atoms with Gasteiger partial charge in [-0.05, 0) is 23.3 Å². The van der Waals surface area contributed by atoms with E-state index >= 15 is 0 Å². The van der Waals surface area contributed by atoms with E-state index in [0.29, 0.717) is 30.4 Å². The highest BCUT2D eigenvalue weighted by Gasteiger charge is 2.32. The summed E-state index contributed by atoms with van der Waals surface area (Å²) < 4.78 is 23.5. The third kappa shape index (κ3) is 5.57. The third-order valence-electron chi connectivity index (χ3n) is 4.22. The number of amides is 1. The summed E-state index contributed by atoms with van der Waals surface area (Å²) in [4.78, 5) is 14.4. The normalized spacial score (nSPS) is 17.6. The predicted octanol–water partition coefficient (Wildman–Crippen LogP) is 2.92. The summed E-state index contributed by atoms with van der Waals surface area (Å²) in [7, 11) is 1.60. The van der Waals surface area contributed by atoms with Crippen LogP contribution in [0.4, 0.5) is 0 Å². The Balaban J connectivity index is 1.53. The van der Waals surface area contributed by atoms with Crippen molar-refractivity contribution < 1.29 is 18.8 Å². The Kier molecular flexibility index (Phi) is 7.32. The molecule has 144 valence electrons. The molecule has 0 spiro atoms. The number of para-hydroxylation sites is 2. The lowest BCUT2D eigenvalue weighted by atomic mass is 10.2. The summed E-state index contributed by atoms with van der Waals surface area (Å²) in [5.41, 5.74) is 0.982. The van der Waals surface area contributed by atoms with Crippen LogP contribution in [0.25, 0.3) is 0 Å². The molecule has 1 aliphatic rings. The van der Waals surface area contributed by atoms with Crippen molar-refractivity contribution in [3.63, 3.8) is 0 Å². The quantitative estimate of drug-likeness (QED) is 0.632. The van der Waals surface area contributed by atoms with Crippen LogP contribution in [0, 0.1) is 0 Å². The van der Waals surface area contributed by atoms with E-state index in [9.17, 15) is 9.35 Å². The molecule has 1 amide bonds. The Hall–Kier alpha value is -1.83. The van der Waals surface area contributed by atoms with Crippen molar-refractivity contribution in [2.45, 2.75) is 11.1 Å². The van der Waals surface area contributed by atoms with Crippen LogP contribution in [0.2, 0.25) is 0 Å². The molecule has 5 nitrogen and oxygen atoms in total. The van der Waals surface area contributed by atoms with Crippen molar-refractivity contribution in [2.75, 3.05) is 31.8 Å². The maximum atomic E-state index is 12.6. The first-order valence-electron chi connectivity index (χ1n) is 8.73. The monoisotopic (exact) mass is 405 g/mol.